The molecule has 3 heterocycles. The number of allylic oxidation sites excluding steroid dienone is 1. The molecule has 0 bridgehead atoms. The van der Waals surface area contributed by atoms with Gasteiger partial charge in [-0.2, -0.15) is 0 Å². The highest BCUT2D eigenvalue weighted by molar-refractivity contribution is 5.72. The van der Waals surface area contributed by atoms with E-state index in [2.05, 4.69) is 60.9 Å². The largest absolute Gasteiger partial charge is 0.460 e. The first-order valence-electron chi connectivity index (χ1n) is 16.5. The molecule has 0 amide bonds. The molecule has 0 radical (unpaired) electrons. The van der Waals surface area contributed by atoms with Crippen molar-refractivity contribution in [2.75, 3.05) is 39.6 Å². The number of carbonyl (C=O) groups is 1. The summed E-state index contributed by atoms with van der Waals surface area (Å²) in [6, 6.07) is 2.24. The zero-order chi connectivity index (χ0) is 32.6. The van der Waals surface area contributed by atoms with Crippen molar-refractivity contribution < 1.29 is 19.0 Å². The number of aromatic amines is 1. The molecule has 0 saturated carbocycles. The number of hydrogen-bond donors (Lipinski definition) is 2. The second kappa shape index (κ2) is 16.2. The lowest BCUT2D eigenvalue weighted by molar-refractivity contribution is -0.160. The molecule has 9 heteroatoms. The van der Waals surface area contributed by atoms with E-state index in [4.69, 9.17) is 14.2 Å². The van der Waals surface area contributed by atoms with Gasteiger partial charge in [-0.05, 0) is 104 Å². The van der Waals surface area contributed by atoms with E-state index < -0.39 is 5.60 Å². The molecule has 1 fully saturated rings. The fourth-order valence-corrected chi connectivity index (χ4v) is 6.53. The molecule has 4 atom stereocenters. The van der Waals surface area contributed by atoms with Crippen molar-refractivity contribution >= 4 is 5.97 Å². The van der Waals surface area contributed by atoms with Gasteiger partial charge in [-0.3, -0.25) is 19.8 Å². The van der Waals surface area contributed by atoms with E-state index in [0.29, 0.717) is 13.3 Å². The molecule has 44 heavy (non-hydrogen) atoms. The average Bonchev–Trinajstić information content (AvgIpc) is 2.95. The maximum Gasteiger partial charge on any atom is 0.309 e. The van der Waals surface area contributed by atoms with Crippen LogP contribution in [0.25, 0.3) is 0 Å². The molecular weight excluding hydrogens is 556 g/mol. The first kappa shape index (κ1) is 36.0. The standard InChI is InChI=1S/C35H58N4O5/c1-11-28(34(41)44-35(8,9)10)13-14-29-25(5)32(26(6)39-15-17-42-18-16-39)38(12-2)21-31(29)27(7)43-22-36-20-30-23(3)19-24(4)37-33(30)40/h19,21,26-29,36H,11-18,20,22H2,1-10H3,(H,37,40)/t26?,27-,28?,29?/m1/s1. The number of pyridine rings is 1. The predicted molar refractivity (Wildman–Crippen MR) is 176 cm³/mol. The lowest BCUT2D eigenvalue weighted by Crippen LogP contribution is -2.47. The summed E-state index contributed by atoms with van der Waals surface area (Å²) in [5.41, 5.74) is 5.89. The maximum absolute atomic E-state index is 13.1. The number of nitrogens with one attached hydrogen (secondary N) is 2. The van der Waals surface area contributed by atoms with Crippen LogP contribution in [0.4, 0.5) is 0 Å². The minimum absolute atomic E-state index is 0.0603. The number of hydrogen-bond acceptors (Lipinski definition) is 8. The Morgan fingerprint density at radius 3 is 2.43 bits per heavy atom. The Labute approximate surface area is 265 Å². The van der Waals surface area contributed by atoms with E-state index in [-0.39, 0.29) is 35.5 Å². The molecule has 0 aliphatic carbocycles. The Morgan fingerprint density at radius 2 is 1.84 bits per heavy atom. The predicted octanol–water partition coefficient (Wildman–Crippen LogP) is 5.42. The minimum Gasteiger partial charge on any atom is -0.460 e. The van der Waals surface area contributed by atoms with Crippen LogP contribution in [0.5, 0.6) is 0 Å². The summed E-state index contributed by atoms with van der Waals surface area (Å²) < 4.78 is 17.8. The second-order valence-electron chi connectivity index (χ2n) is 13.4. The van der Waals surface area contributed by atoms with Gasteiger partial charge in [0.25, 0.3) is 5.56 Å². The number of rotatable bonds is 14. The number of nitrogens with zero attached hydrogens (tertiary/aromatic N) is 2. The van der Waals surface area contributed by atoms with Gasteiger partial charge in [0, 0.05) is 61.3 Å². The summed E-state index contributed by atoms with van der Waals surface area (Å²) in [6.07, 6.45) is 4.46. The smallest absolute Gasteiger partial charge is 0.309 e. The van der Waals surface area contributed by atoms with Crippen LogP contribution in [0.1, 0.15) is 91.5 Å². The summed E-state index contributed by atoms with van der Waals surface area (Å²) in [4.78, 5) is 33.3. The topological polar surface area (TPSA) is 96.1 Å². The third-order valence-corrected chi connectivity index (χ3v) is 9.01. The number of aryl methyl sites for hydroxylation is 2. The van der Waals surface area contributed by atoms with E-state index in [9.17, 15) is 9.59 Å². The summed E-state index contributed by atoms with van der Waals surface area (Å²) in [6.45, 7) is 25.5. The number of esters is 1. The number of ether oxygens (including phenoxy) is 3. The number of carbonyl (C=O) groups excluding carboxylic acids is 1. The molecular formula is C35H58N4O5. The molecule has 0 spiro atoms. The van der Waals surface area contributed by atoms with Crippen LogP contribution in [0.3, 0.4) is 0 Å². The van der Waals surface area contributed by atoms with Crippen molar-refractivity contribution in [2.24, 2.45) is 11.8 Å². The monoisotopic (exact) mass is 614 g/mol. The third kappa shape index (κ3) is 9.52. The van der Waals surface area contributed by atoms with E-state index in [1.165, 1.54) is 16.8 Å². The van der Waals surface area contributed by atoms with Crippen molar-refractivity contribution in [3.8, 4) is 0 Å². The second-order valence-corrected chi connectivity index (χ2v) is 13.4. The Hall–Kier alpha value is -2.46. The minimum atomic E-state index is -0.504. The summed E-state index contributed by atoms with van der Waals surface area (Å²) >= 11 is 0. The van der Waals surface area contributed by atoms with Crippen molar-refractivity contribution in [3.63, 3.8) is 0 Å². The Balaban J connectivity index is 1.81. The Morgan fingerprint density at radius 1 is 1.16 bits per heavy atom. The van der Waals surface area contributed by atoms with Gasteiger partial charge >= 0.3 is 5.97 Å². The van der Waals surface area contributed by atoms with E-state index in [1.54, 1.807) is 0 Å². The van der Waals surface area contributed by atoms with Gasteiger partial charge in [0.05, 0.1) is 32.0 Å². The van der Waals surface area contributed by atoms with Crippen molar-refractivity contribution in [3.05, 3.63) is 56.3 Å². The van der Waals surface area contributed by atoms with Gasteiger partial charge in [-0.25, -0.2) is 0 Å². The van der Waals surface area contributed by atoms with E-state index in [0.717, 1.165) is 68.9 Å². The van der Waals surface area contributed by atoms with Crippen molar-refractivity contribution in [2.45, 2.75) is 113 Å². The normalized spacial score (nSPS) is 20.4. The molecule has 9 nitrogen and oxygen atoms in total. The fourth-order valence-electron chi connectivity index (χ4n) is 6.53. The number of likely N-dealkylation sites (N-methyl/N-ethyl adjacent to an activating group) is 1. The van der Waals surface area contributed by atoms with Gasteiger partial charge in [-0.15, -0.1) is 0 Å². The lowest BCUT2D eigenvalue weighted by Gasteiger charge is -2.43. The molecule has 3 rings (SSSR count). The third-order valence-electron chi connectivity index (χ3n) is 9.01. The molecule has 1 saturated heterocycles. The Kier molecular flexibility index (Phi) is 13.3. The lowest BCUT2D eigenvalue weighted by atomic mass is 9.79. The molecule has 1 aromatic heterocycles. The van der Waals surface area contributed by atoms with Crippen LogP contribution in [0, 0.1) is 25.7 Å². The Bertz CT molecular complexity index is 1220. The zero-order valence-corrected chi connectivity index (χ0v) is 29.0. The highest BCUT2D eigenvalue weighted by atomic mass is 16.6. The van der Waals surface area contributed by atoms with Crippen LogP contribution in [0.2, 0.25) is 0 Å². The van der Waals surface area contributed by atoms with Gasteiger partial charge < -0.3 is 24.1 Å². The highest BCUT2D eigenvalue weighted by Gasteiger charge is 2.35. The van der Waals surface area contributed by atoms with E-state index >= 15 is 0 Å². The van der Waals surface area contributed by atoms with Crippen LogP contribution in [-0.4, -0.2) is 78.1 Å². The zero-order valence-electron chi connectivity index (χ0n) is 29.0. The average molecular weight is 615 g/mol. The van der Waals surface area contributed by atoms with Crippen molar-refractivity contribution in [1.82, 2.24) is 20.1 Å². The molecule has 2 N–H and O–H groups in total. The fraction of sp³-hybridized carbons (Fsp3) is 0.714. The first-order valence-corrected chi connectivity index (χ1v) is 16.5. The molecule has 248 valence electrons. The molecule has 2 aliphatic rings. The van der Waals surface area contributed by atoms with Gasteiger partial charge in [0.1, 0.15) is 5.60 Å². The van der Waals surface area contributed by atoms with Crippen LogP contribution in [-0.2, 0) is 25.5 Å². The van der Waals surface area contributed by atoms with Gasteiger partial charge in [0.2, 0.25) is 0 Å². The number of H-pyrrole nitrogens is 1. The van der Waals surface area contributed by atoms with Crippen molar-refractivity contribution in [1.29, 1.82) is 0 Å². The maximum atomic E-state index is 13.1. The van der Waals surface area contributed by atoms with Crippen LogP contribution in [0.15, 0.2) is 33.9 Å². The highest BCUT2D eigenvalue weighted by Crippen LogP contribution is 2.39. The van der Waals surface area contributed by atoms with Gasteiger partial charge in [-0.1, -0.05) is 6.92 Å². The summed E-state index contributed by atoms with van der Waals surface area (Å²) in [5, 5.41) is 3.32. The summed E-state index contributed by atoms with van der Waals surface area (Å²) in [5.74, 6) is -0.124. The van der Waals surface area contributed by atoms with Crippen LogP contribution >= 0.6 is 0 Å². The summed E-state index contributed by atoms with van der Waals surface area (Å²) in [7, 11) is 0. The molecule has 0 aromatic carbocycles. The molecule has 1 aromatic rings. The number of aromatic nitrogens is 1. The van der Waals surface area contributed by atoms with E-state index in [1.807, 2.05) is 40.7 Å². The first-order chi connectivity index (χ1) is 20.8. The van der Waals surface area contributed by atoms with Gasteiger partial charge in [0.15, 0.2) is 0 Å². The SMILES string of the molecule is CCC(CCC1C([C@@H](C)OCNCc2c(C)cc(C)[nH]c2=O)=CN(CC)C(C(C)N2CCOCC2)=C1C)C(=O)OC(C)(C)C. The van der Waals surface area contributed by atoms with Crippen LogP contribution < -0.4 is 10.9 Å². The quantitative estimate of drug-likeness (QED) is 0.163. The molecule has 3 unspecified atom stereocenters. The number of morpholine rings is 1. The molecule has 2 aliphatic heterocycles.